The first-order chi connectivity index (χ1) is 12.0. The second-order valence-electron chi connectivity index (χ2n) is 5.84. The van der Waals surface area contributed by atoms with E-state index in [-0.39, 0.29) is 6.04 Å². The normalized spacial score (nSPS) is 18.3. The standard InChI is InChI=1S/C18H20BrNO4S/c1-23-14-7-10-18(24-2)16(12-14)17-4-3-11-20(17)25(21,22)15-8-5-13(19)6-9-15/h5-10,12,17H,3-4,11H2,1-2H3/t17-/m0/s1. The Labute approximate surface area is 156 Å². The number of rotatable bonds is 5. The van der Waals surface area contributed by atoms with Crippen LogP contribution in [-0.4, -0.2) is 33.5 Å². The van der Waals surface area contributed by atoms with Crippen molar-refractivity contribution in [2.45, 2.75) is 23.8 Å². The third kappa shape index (κ3) is 3.54. The Bertz CT molecular complexity index is 852. The molecule has 0 bridgehead atoms. The Morgan fingerprint density at radius 3 is 2.44 bits per heavy atom. The summed E-state index contributed by atoms with van der Waals surface area (Å²) in [5.74, 6) is 1.35. The molecule has 1 fully saturated rings. The Balaban J connectivity index is 2.02. The first-order valence-electron chi connectivity index (χ1n) is 7.96. The monoisotopic (exact) mass is 425 g/mol. The maximum absolute atomic E-state index is 13.1. The van der Waals surface area contributed by atoms with Gasteiger partial charge in [-0.05, 0) is 55.3 Å². The molecule has 0 amide bonds. The molecule has 0 saturated carbocycles. The number of hydrogen-bond donors (Lipinski definition) is 0. The van der Waals surface area contributed by atoms with E-state index in [2.05, 4.69) is 15.9 Å². The van der Waals surface area contributed by atoms with Crippen LogP contribution in [0.15, 0.2) is 51.8 Å². The van der Waals surface area contributed by atoms with E-state index in [0.29, 0.717) is 22.9 Å². The van der Waals surface area contributed by atoms with Crippen LogP contribution in [0.25, 0.3) is 0 Å². The molecule has 0 spiro atoms. The van der Waals surface area contributed by atoms with Gasteiger partial charge in [-0.1, -0.05) is 15.9 Å². The van der Waals surface area contributed by atoms with Crippen LogP contribution in [0.2, 0.25) is 0 Å². The van der Waals surface area contributed by atoms with E-state index in [1.807, 2.05) is 18.2 Å². The first-order valence-corrected chi connectivity index (χ1v) is 10.2. The third-order valence-corrected chi connectivity index (χ3v) is 6.87. The van der Waals surface area contributed by atoms with Crippen LogP contribution >= 0.6 is 15.9 Å². The van der Waals surface area contributed by atoms with E-state index in [0.717, 1.165) is 22.9 Å². The molecular weight excluding hydrogens is 406 g/mol. The Kier molecular flexibility index (Phi) is 5.36. The summed E-state index contributed by atoms with van der Waals surface area (Å²) in [5.41, 5.74) is 0.833. The zero-order chi connectivity index (χ0) is 18.0. The largest absolute Gasteiger partial charge is 0.497 e. The van der Waals surface area contributed by atoms with E-state index in [4.69, 9.17) is 9.47 Å². The highest BCUT2D eigenvalue weighted by Gasteiger charge is 2.37. The van der Waals surface area contributed by atoms with Gasteiger partial charge in [0.2, 0.25) is 10.0 Å². The summed E-state index contributed by atoms with van der Waals surface area (Å²) in [6, 6.07) is 11.9. The van der Waals surface area contributed by atoms with Gasteiger partial charge in [0.1, 0.15) is 11.5 Å². The lowest BCUT2D eigenvalue weighted by atomic mass is 10.0. The zero-order valence-corrected chi connectivity index (χ0v) is 16.5. The van der Waals surface area contributed by atoms with Crippen LogP contribution in [0.3, 0.4) is 0 Å². The van der Waals surface area contributed by atoms with Crippen molar-refractivity contribution in [2.75, 3.05) is 20.8 Å². The fourth-order valence-electron chi connectivity index (χ4n) is 3.18. The fourth-order valence-corrected chi connectivity index (χ4v) is 5.12. The number of benzene rings is 2. The lowest BCUT2D eigenvalue weighted by Crippen LogP contribution is -2.30. The number of nitrogens with zero attached hydrogens (tertiary/aromatic N) is 1. The summed E-state index contributed by atoms with van der Waals surface area (Å²) in [6.45, 7) is 0.490. The van der Waals surface area contributed by atoms with Gasteiger partial charge in [0.05, 0.1) is 25.2 Å². The SMILES string of the molecule is COc1ccc(OC)c([C@@H]2CCCN2S(=O)(=O)c2ccc(Br)cc2)c1. The van der Waals surface area contributed by atoms with Gasteiger partial charge in [-0.25, -0.2) is 8.42 Å². The molecule has 5 nitrogen and oxygen atoms in total. The predicted molar refractivity (Wildman–Crippen MR) is 99.6 cm³/mol. The number of hydrogen-bond acceptors (Lipinski definition) is 4. The third-order valence-electron chi connectivity index (χ3n) is 4.42. The summed E-state index contributed by atoms with van der Waals surface area (Å²) >= 11 is 3.34. The fraction of sp³-hybridized carbons (Fsp3) is 0.333. The van der Waals surface area contributed by atoms with Gasteiger partial charge in [0, 0.05) is 16.6 Å². The number of ether oxygens (including phenoxy) is 2. The van der Waals surface area contributed by atoms with Crippen molar-refractivity contribution in [3.8, 4) is 11.5 Å². The minimum absolute atomic E-state index is 0.265. The van der Waals surface area contributed by atoms with Crippen molar-refractivity contribution in [1.82, 2.24) is 4.31 Å². The Morgan fingerprint density at radius 1 is 1.08 bits per heavy atom. The molecule has 2 aromatic carbocycles. The van der Waals surface area contributed by atoms with Gasteiger partial charge >= 0.3 is 0 Å². The van der Waals surface area contributed by atoms with Gasteiger partial charge in [-0.3, -0.25) is 0 Å². The average molecular weight is 426 g/mol. The second kappa shape index (κ2) is 7.35. The smallest absolute Gasteiger partial charge is 0.243 e. The van der Waals surface area contributed by atoms with Crippen molar-refractivity contribution in [2.24, 2.45) is 0 Å². The maximum Gasteiger partial charge on any atom is 0.243 e. The quantitative estimate of drug-likeness (QED) is 0.726. The molecule has 7 heteroatoms. The lowest BCUT2D eigenvalue weighted by Gasteiger charge is -2.26. The molecule has 1 aliphatic heterocycles. The lowest BCUT2D eigenvalue weighted by molar-refractivity contribution is 0.361. The van der Waals surface area contributed by atoms with Crippen LogP contribution in [0, 0.1) is 0 Å². The van der Waals surface area contributed by atoms with Crippen molar-refractivity contribution in [3.05, 3.63) is 52.5 Å². The first kappa shape index (κ1) is 18.2. The zero-order valence-electron chi connectivity index (χ0n) is 14.1. The summed E-state index contributed by atoms with van der Waals surface area (Å²) in [5, 5.41) is 0. The number of sulfonamides is 1. The van der Waals surface area contributed by atoms with E-state index in [1.54, 1.807) is 42.8 Å². The molecule has 25 heavy (non-hydrogen) atoms. The molecular formula is C18H20BrNO4S. The molecule has 1 aliphatic rings. The van der Waals surface area contributed by atoms with Crippen molar-refractivity contribution < 1.29 is 17.9 Å². The minimum Gasteiger partial charge on any atom is -0.497 e. The molecule has 1 saturated heterocycles. The molecule has 134 valence electrons. The molecule has 1 heterocycles. The predicted octanol–water partition coefficient (Wildman–Crippen LogP) is 3.99. The van der Waals surface area contributed by atoms with Gasteiger partial charge in [0.15, 0.2) is 0 Å². The highest BCUT2D eigenvalue weighted by atomic mass is 79.9. The van der Waals surface area contributed by atoms with Gasteiger partial charge in [0.25, 0.3) is 0 Å². The molecule has 0 aromatic heterocycles. The maximum atomic E-state index is 13.1. The number of halogens is 1. The second-order valence-corrected chi connectivity index (χ2v) is 8.64. The Morgan fingerprint density at radius 2 is 1.80 bits per heavy atom. The van der Waals surface area contributed by atoms with E-state index < -0.39 is 10.0 Å². The van der Waals surface area contributed by atoms with Crippen LogP contribution in [-0.2, 0) is 10.0 Å². The molecule has 0 unspecified atom stereocenters. The summed E-state index contributed by atoms with van der Waals surface area (Å²) in [7, 11) is -0.396. The van der Waals surface area contributed by atoms with Crippen molar-refractivity contribution >= 4 is 26.0 Å². The summed E-state index contributed by atoms with van der Waals surface area (Å²) in [6.07, 6.45) is 1.56. The van der Waals surface area contributed by atoms with Crippen LogP contribution in [0.4, 0.5) is 0 Å². The van der Waals surface area contributed by atoms with Crippen molar-refractivity contribution in [3.63, 3.8) is 0 Å². The van der Waals surface area contributed by atoms with Crippen LogP contribution in [0.5, 0.6) is 11.5 Å². The van der Waals surface area contributed by atoms with Crippen molar-refractivity contribution in [1.29, 1.82) is 0 Å². The molecule has 0 aliphatic carbocycles. The molecule has 1 atom stereocenters. The van der Waals surface area contributed by atoms with Crippen LogP contribution < -0.4 is 9.47 Å². The van der Waals surface area contributed by atoms with Gasteiger partial charge in [-0.15, -0.1) is 0 Å². The number of methoxy groups -OCH3 is 2. The van der Waals surface area contributed by atoms with Gasteiger partial charge in [-0.2, -0.15) is 4.31 Å². The van der Waals surface area contributed by atoms with E-state index in [9.17, 15) is 8.42 Å². The molecule has 0 radical (unpaired) electrons. The highest BCUT2D eigenvalue weighted by molar-refractivity contribution is 9.10. The molecule has 2 aromatic rings. The van der Waals surface area contributed by atoms with Crippen LogP contribution in [0.1, 0.15) is 24.4 Å². The van der Waals surface area contributed by atoms with Gasteiger partial charge < -0.3 is 9.47 Å². The summed E-state index contributed by atoms with van der Waals surface area (Å²) < 4.78 is 39.4. The molecule has 0 N–H and O–H groups in total. The average Bonchev–Trinajstić information content (AvgIpc) is 3.12. The Hall–Kier alpha value is -1.57. The topological polar surface area (TPSA) is 55.8 Å². The van der Waals surface area contributed by atoms with E-state index >= 15 is 0 Å². The van der Waals surface area contributed by atoms with E-state index in [1.165, 1.54) is 0 Å². The molecule has 3 rings (SSSR count). The highest BCUT2D eigenvalue weighted by Crippen LogP contribution is 2.41. The minimum atomic E-state index is -3.58. The summed E-state index contributed by atoms with van der Waals surface area (Å²) in [4.78, 5) is 0.296.